The molecule has 3 N–H and O–H groups in total. The number of hydrogen-bond acceptors (Lipinski definition) is 5. The first kappa shape index (κ1) is 16.4. The Kier molecular flexibility index (Phi) is 4.75. The standard InChI is InChI=1S/C11H15N3O4S2/c1-3-9(7-12)20(17,18)14-11-6-10(19(13,15)16)5-4-8(11)2/h4-6,9,14H,3H2,1-2H3,(H2,13,15,16). The molecule has 1 atom stereocenters. The van der Waals surface area contributed by atoms with Crippen LogP contribution in [0, 0.1) is 18.3 Å². The monoisotopic (exact) mass is 317 g/mol. The van der Waals surface area contributed by atoms with E-state index in [2.05, 4.69) is 4.72 Å². The van der Waals surface area contributed by atoms with Crippen LogP contribution in [-0.4, -0.2) is 22.1 Å². The van der Waals surface area contributed by atoms with Crippen molar-refractivity contribution in [2.75, 3.05) is 4.72 Å². The summed E-state index contributed by atoms with van der Waals surface area (Å²) in [5, 5.41) is 12.6. The lowest BCUT2D eigenvalue weighted by Gasteiger charge is -2.14. The number of nitrogens with two attached hydrogens (primary N) is 1. The van der Waals surface area contributed by atoms with Gasteiger partial charge in [0.2, 0.25) is 20.0 Å². The lowest BCUT2D eigenvalue weighted by atomic mass is 10.2. The fourth-order valence-electron chi connectivity index (χ4n) is 1.49. The van der Waals surface area contributed by atoms with E-state index in [9.17, 15) is 16.8 Å². The van der Waals surface area contributed by atoms with Gasteiger partial charge in [-0.05, 0) is 31.0 Å². The highest BCUT2D eigenvalue weighted by Crippen LogP contribution is 2.22. The van der Waals surface area contributed by atoms with Crippen LogP contribution in [-0.2, 0) is 20.0 Å². The van der Waals surface area contributed by atoms with Gasteiger partial charge in [-0.2, -0.15) is 5.26 Å². The predicted molar refractivity (Wildman–Crippen MR) is 74.8 cm³/mol. The molecule has 1 aromatic rings. The topological polar surface area (TPSA) is 130 Å². The quantitative estimate of drug-likeness (QED) is 0.825. The van der Waals surface area contributed by atoms with E-state index in [1.807, 2.05) is 0 Å². The van der Waals surface area contributed by atoms with E-state index in [0.29, 0.717) is 5.56 Å². The normalized spacial score (nSPS) is 13.5. The maximum atomic E-state index is 12.0. The molecule has 0 heterocycles. The molecule has 0 bridgehead atoms. The predicted octanol–water partition coefficient (Wildman–Crippen LogP) is 0.686. The van der Waals surface area contributed by atoms with Crippen LogP contribution in [0.1, 0.15) is 18.9 Å². The number of nitriles is 1. The van der Waals surface area contributed by atoms with Crippen LogP contribution in [0.15, 0.2) is 23.1 Å². The molecular weight excluding hydrogens is 302 g/mol. The highest BCUT2D eigenvalue weighted by molar-refractivity contribution is 7.93. The number of rotatable bonds is 5. The van der Waals surface area contributed by atoms with Crippen molar-refractivity contribution in [1.82, 2.24) is 0 Å². The summed E-state index contributed by atoms with van der Waals surface area (Å²) in [4.78, 5) is -0.203. The van der Waals surface area contributed by atoms with E-state index in [-0.39, 0.29) is 17.0 Å². The molecule has 0 aromatic heterocycles. The van der Waals surface area contributed by atoms with Crippen LogP contribution < -0.4 is 9.86 Å². The number of sulfonamides is 2. The number of hydrogen-bond donors (Lipinski definition) is 2. The van der Waals surface area contributed by atoms with Crippen molar-refractivity contribution in [3.8, 4) is 6.07 Å². The Morgan fingerprint density at radius 2 is 1.95 bits per heavy atom. The second-order valence-corrected chi connectivity index (χ2v) is 7.62. The van der Waals surface area contributed by atoms with E-state index >= 15 is 0 Å². The molecule has 1 rings (SSSR count). The van der Waals surface area contributed by atoms with Gasteiger partial charge in [0, 0.05) is 0 Å². The van der Waals surface area contributed by atoms with Crippen LogP contribution in [0.5, 0.6) is 0 Å². The fraction of sp³-hybridized carbons (Fsp3) is 0.364. The second kappa shape index (κ2) is 5.78. The molecule has 110 valence electrons. The van der Waals surface area contributed by atoms with Crippen molar-refractivity contribution < 1.29 is 16.8 Å². The van der Waals surface area contributed by atoms with E-state index in [4.69, 9.17) is 10.4 Å². The van der Waals surface area contributed by atoms with Crippen molar-refractivity contribution in [3.63, 3.8) is 0 Å². The van der Waals surface area contributed by atoms with E-state index in [1.165, 1.54) is 12.1 Å². The van der Waals surface area contributed by atoms with Crippen LogP contribution >= 0.6 is 0 Å². The van der Waals surface area contributed by atoms with Crippen molar-refractivity contribution >= 4 is 25.7 Å². The smallest absolute Gasteiger partial charge is 0.249 e. The lowest BCUT2D eigenvalue weighted by molar-refractivity contribution is 0.591. The van der Waals surface area contributed by atoms with Gasteiger partial charge < -0.3 is 0 Å². The Bertz CT molecular complexity index is 748. The van der Waals surface area contributed by atoms with Crippen LogP contribution in [0.3, 0.4) is 0 Å². The third kappa shape index (κ3) is 3.69. The van der Waals surface area contributed by atoms with Gasteiger partial charge in [0.05, 0.1) is 16.7 Å². The van der Waals surface area contributed by atoms with Crippen LogP contribution in [0.4, 0.5) is 5.69 Å². The molecule has 7 nitrogen and oxygen atoms in total. The van der Waals surface area contributed by atoms with Gasteiger partial charge in [0.1, 0.15) is 0 Å². The Balaban J connectivity index is 3.26. The summed E-state index contributed by atoms with van der Waals surface area (Å²) in [7, 11) is -7.84. The molecule has 20 heavy (non-hydrogen) atoms. The van der Waals surface area contributed by atoms with E-state index in [0.717, 1.165) is 6.07 Å². The first-order valence-corrected chi connectivity index (χ1v) is 8.75. The number of aryl methyl sites for hydroxylation is 1. The maximum Gasteiger partial charge on any atom is 0.249 e. The van der Waals surface area contributed by atoms with E-state index < -0.39 is 25.3 Å². The summed E-state index contributed by atoms with van der Waals surface area (Å²) < 4.78 is 48.7. The van der Waals surface area contributed by atoms with Gasteiger partial charge >= 0.3 is 0 Å². The fourth-order valence-corrected chi connectivity index (χ4v) is 3.28. The van der Waals surface area contributed by atoms with Gasteiger partial charge in [-0.15, -0.1) is 0 Å². The van der Waals surface area contributed by atoms with Gasteiger partial charge in [0.25, 0.3) is 0 Å². The molecule has 0 fully saturated rings. The highest BCUT2D eigenvalue weighted by Gasteiger charge is 2.24. The second-order valence-electron chi connectivity index (χ2n) is 4.19. The van der Waals surface area contributed by atoms with Crippen molar-refractivity contribution in [1.29, 1.82) is 5.26 Å². The number of nitrogens with zero attached hydrogens (tertiary/aromatic N) is 1. The zero-order valence-electron chi connectivity index (χ0n) is 11.0. The van der Waals surface area contributed by atoms with Crippen molar-refractivity contribution in [3.05, 3.63) is 23.8 Å². The zero-order valence-corrected chi connectivity index (χ0v) is 12.6. The third-order valence-electron chi connectivity index (χ3n) is 2.68. The molecule has 0 spiro atoms. The summed E-state index contributed by atoms with van der Waals surface area (Å²) in [6, 6.07) is 5.53. The molecular formula is C11H15N3O4S2. The molecule has 0 aliphatic rings. The maximum absolute atomic E-state index is 12.0. The van der Waals surface area contributed by atoms with Gasteiger partial charge in [-0.3, -0.25) is 4.72 Å². The zero-order chi connectivity index (χ0) is 15.6. The summed E-state index contributed by atoms with van der Waals surface area (Å²) >= 11 is 0. The highest BCUT2D eigenvalue weighted by atomic mass is 32.2. The van der Waals surface area contributed by atoms with Crippen LogP contribution in [0.2, 0.25) is 0 Å². The lowest BCUT2D eigenvalue weighted by Crippen LogP contribution is -2.26. The molecule has 0 aliphatic carbocycles. The summed E-state index contributed by atoms with van der Waals surface area (Å²) in [5.74, 6) is 0. The van der Waals surface area contributed by atoms with Crippen molar-refractivity contribution in [2.24, 2.45) is 5.14 Å². The Morgan fingerprint density at radius 3 is 2.40 bits per heavy atom. The molecule has 0 saturated carbocycles. The van der Waals surface area contributed by atoms with Gasteiger partial charge in [0.15, 0.2) is 5.25 Å². The minimum Gasteiger partial charge on any atom is -0.282 e. The molecule has 0 aliphatic heterocycles. The number of benzene rings is 1. The largest absolute Gasteiger partial charge is 0.282 e. The molecule has 1 aromatic carbocycles. The first-order valence-electron chi connectivity index (χ1n) is 5.66. The Labute approximate surface area is 118 Å². The van der Waals surface area contributed by atoms with Crippen LogP contribution in [0.25, 0.3) is 0 Å². The number of anilines is 1. The molecule has 0 saturated heterocycles. The average molecular weight is 317 g/mol. The van der Waals surface area contributed by atoms with Gasteiger partial charge in [-0.25, -0.2) is 22.0 Å². The number of primary sulfonamides is 1. The average Bonchev–Trinajstić information content (AvgIpc) is 2.31. The van der Waals surface area contributed by atoms with Crippen molar-refractivity contribution in [2.45, 2.75) is 30.4 Å². The minimum atomic E-state index is -3.93. The van der Waals surface area contributed by atoms with Gasteiger partial charge in [-0.1, -0.05) is 13.0 Å². The van der Waals surface area contributed by atoms with E-state index in [1.54, 1.807) is 19.9 Å². The first-order chi connectivity index (χ1) is 9.11. The Morgan fingerprint density at radius 1 is 1.35 bits per heavy atom. The third-order valence-corrected chi connectivity index (χ3v) is 5.28. The molecule has 9 heteroatoms. The number of nitrogens with one attached hydrogen (secondary N) is 1. The molecule has 0 amide bonds. The Hall–Kier alpha value is -1.63. The molecule has 1 unspecified atom stereocenters. The SMILES string of the molecule is CCC(C#N)S(=O)(=O)Nc1cc(S(N)(=O)=O)ccc1C. The molecule has 0 radical (unpaired) electrons. The minimum absolute atomic E-state index is 0.0882. The summed E-state index contributed by atoms with van der Waals surface area (Å²) in [6.45, 7) is 3.18. The summed E-state index contributed by atoms with van der Waals surface area (Å²) in [6.07, 6.45) is 0.125. The summed E-state index contributed by atoms with van der Waals surface area (Å²) in [5.41, 5.74) is 0.610.